The summed E-state index contributed by atoms with van der Waals surface area (Å²) >= 11 is 3.69. The van der Waals surface area contributed by atoms with Crippen molar-refractivity contribution >= 4 is 23.7 Å². The minimum atomic E-state index is 1.16. The number of nitrogens with one attached hydrogen (secondary N) is 1. The Balaban J connectivity index is 2.00. The third-order valence-electron chi connectivity index (χ3n) is 0.510. The summed E-state index contributed by atoms with van der Waals surface area (Å²) in [5, 5.41) is 1.19. The SMILES string of the molecule is [CH]1CSCSN1. The van der Waals surface area contributed by atoms with E-state index in [-0.39, 0.29) is 0 Å². The van der Waals surface area contributed by atoms with Gasteiger partial charge < -0.3 is 0 Å². The lowest BCUT2D eigenvalue weighted by molar-refractivity contribution is 1.21. The van der Waals surface area contributed by atoms with E-state index in [9.17, 15) is 0 Å². The highest BCUT2D eigenvalue weighted by Gasteiger charge is 1.95. The van der Waals surface area contributed by atoms with Gasteiger partial charge in [0.2, 0.25) is 0 Å². The first-order valence-electron chi connectivity index (χ1n) is 1.77. The lowest BCUT2D eigenvalue weighted by Gasteiger charge is -2.07. The molecule has 1 radical (unpaired) electrons. The monoisotopic (exact) mass is 120 g/mol. The maximum absolute atomic E-state index is 3.06. The second kappa shape index (κ2) is 2.77. The predicted molar refractivity (Wildman–Crippen MR) is 32.4 cm³/mol. The molecule has 1 aliphatic rings. The molecule has 0 amide bonds. The molecular formula is C3H6NS2. The molecule has 1 heterocycles. The van der Waals surface area contributed by atoms with E-state index in [0.29, 0.717) is 0 Å². The lowest BCUT2D eigenvalue weighted by Crippen LogP contribution is -2.06. The molecule has 0 spiro atoms. The standard InChI is InChI=1S/C3H6NS2/c1-2-5-3-6-4-1/h1,4H,2-3H2. The second-order valence-corrected chi connectivity index (χ2v) is 3.16. The number of rotatable bonds is 0. The normalized spacial score (nSPS) is 24.0. The minimum Gasteiger partial charge on any atom is -0.258 e. The molecule has 3 heteroatoms. The molecule has 1 rings (SSSR count). The highest BCUT2D eigenvalue weighted by Crippen LogP contribution is 2.14. The van der Waals surface area contributed by atoms with Crippen LogP contribution in [0.2, 0.25) is 0 Å². The first-order valence-corrected chi connectivity index (χ1v) is 3.91. The van der Waals surface area contributed by atoms with Crippen molar-refractivity contribution in [3.8, 4) is 0 Å². The quantitative estimate of drug-likeness (QED) is 0.481. The van der Waals surface area contributed by atoms with Gasteiger partial charge in [-0.3, -0.25) is 4.72 Å². The van der Waals surface area contributed by atoms with Crippen molar-refractivity contribution in [3.05, 3.63) is 6.54 Å². The van der Waals surface area contributed by atoms with Crippen LogP contribution in [-0.4, -0.2) is 10.8 Å². The summed E-state index contributed by atoms with van der Waals surface area (Å²) in [6.07, 6.45) is 0. The zero-order valence-corrected chi connectivity index (χ0v) is 4.94. The molecule has 0 aromatic rings. The largest absolute Gasteiger partial charge is 0.258 e. The Kier molecular flexibility index (Phi) is 2.22. The first kappa shape index (κ1) is 4.81. The van der Waals surface area contributed by atoms with Gasteiger partial charge in [0.05, 0.1) is 5.08 Å². The maximum Gasteiger partial charge on any atom is 0.0538 e. The highest BCUT2D eigenvalue weighted by atomic mass is 32.2. The van der Waals surface area contributed by atoms with Gasteiger partial charge in [0.1, 0.15) is 0 Å². The average Bonchev–Trinajstić information content (AvgIpc) is 1.72. The van der Waals surface area contributed by atoms with Gasteiger partial charge >= 0.3 is 0 Å². The number of thioether (sulfide) groups is 1. The fourth-order valence-electron chi connectivity index (χ4n) is 0.276. The van der Waals surface area contributed by atoms with Gasteiger partial charge in [-0.1, -0.05) is 11.9 Å². The summed E-state index contributed by atoms with van der Waals surface area (Å²) in [5.41, 5.74) is 0. The summed E-state index contributed by atoms with van der Waals surface area (Å²) in [7, 11) is 0. The van der Waals surface area contributed by atoms with E-state index in [2.05, 4.69) is 11.3 Å². The molecule has 1 aliphatic heterocycles. The van der Waals surface area contributed by atoms with E-state index in [0.717, 1.165) is 5.75 Å². The van der Waals surface area contributed by atoms with Crippen LogP contribution in [0.15, 0.2) is 0 Å². The third kappa shape index (κ3) is 1.41. The van der Waals surface area contributed by atoms with E-state index in [4.69, 9.17) is 0 Å². The van der Waals surface area contributed by atoms with E-state index in [1.54, 1.807) is 11.9 Å². The Morgan fingerprint density at radius 1 is 1.67 bits per heavy atom. The third-order valence-corrected chi connectivity index (χ3v) is 2.38. The Morgan fingerprint density at radius 2 is 2.67 bits per heavy atom. The summed E-state index contributed by atoms with van der Waals surface area (Å²) in [5.74, 6) is 1.16. The van der Waals surface area contributed by atoms with Crippen LogP contribution in [0, 0.1) is 6.54 Å². The molecule has 0 aromatic carbocycles. The van der Waals surface area contributed by atoms with Crippen LogP contribution in [-0.2, 0) is 0 Å². The Morgan fingerprint density at radius 3 is 2.83 bits per heavy atom. The zero-order chi connectivity index (χ0) is 4.24. The van der Waals surface area contributed by atoms with Gasteiger partial charge in [-0.2, -0.15) is 0 Å². The van der Waals surface area contributed by atoms with Crippen LogP contribution in [0.3, 0.4) is 0 Å². The predicted octanol–water partition coefficient (Wildman–Crippen LogP) is 1.09. The summed E-state index contributed by atoms with van der Waals surface area (Å²) < 4.78 is 3.06. The van der Waals surface area contributed by atoms with Gasteiger partial charge in [-0.15, -0.1) is 11.8 Å². The van der Waals surface area contributed by atoms with Gasteiger partial charge in [0.15, 0.2) is 0 Å². The zero-order valence-electron chi connectivity index (χ0n) is 3.31. The number of hydrogen-bond donors (Lipinski definition) is 1. The van der Waals surface area contributed by atoms with Crippen LogP contribution in [0.25, 0.3) is 0 Å². The molecule has 35 valence electrons. The van der Waals surface area contributed by atoms with Crippen LogP contribution in [0.5, 0.6) is 0 Å². The van der Waals surface area contributed by atoms with Crippen molar-refractivity contribution in [1.29, 1.82) is 0 Å². The molecule has 1 nitrogen and oxygen atoms in total. The molecule has 0 saturated carbocycles. The van der Waals surface area contributed by atoms with Gasteiger partial charge in [-0.05, 0) is 0 Å². The summed E-state index contributed by atoms with van der Waals surface area (Å²) in [6.45, 7) is 2.07. The van der Waals surface area contributed by atoms with Gasteiger partial charge in [0.25, 0.3) is 0 Å². The van der Waals surface area contributed by atoms with Crippen LogP contribution < -0.4 is 4.72 Å². The molecule has 1 N–H and O–H groups in total. The molecular weight excluding hydrogens is 114 g/mol. The van der Waals surface area contributed by atoms with Crippen molar-refractivity contribution in [2.45, 2.75) is 0 Å². The van der Waals surface area contributed by atoms with Crippen molar-refractivity contribution in [1.82, 2.24) is 4.72 Å². The van der Waals surface area contributed by atoms with Gasteiger partial charge in [-0.25, -0.2) is 0 Å². The average molecular weight is 120 g/mol. The fraction of sp³-hybridized carbons (Fsp3) is 0.667. The van der Waals surface area contributed by atoms with Crippen LogP contribution in [0.4, 0.5) is 0 Å². The molecule has 6 heavy (non-hydrogen) atoms. The molecule has 0 aliphatic carbocycles. The smallest absolute Gasteiger partial charge is 0.0538 e. The molecule has 0 atom stereocenters. The number of hydrogen-bond acceptors (Lipinski definition) is 3. The molecule has 1 saturated heterocycles. The Labute approximate surface area is 46.4 Å². The van der Waals surface area contributed by atoms with Crippen molar-refractivity contribution in [2.24, 2.45) is 0 Å². The van der Waals surface area contributed by atoms with E-state index in [1.165, 1.54) is 5.08 Å². The van der Waals surface area contributed by atoms with E-state index >= 15 is 0 Å². The lowest BCUT2D eigenvalue weighted by atomic mass is 10.8. The van der Waals surface area contributed by atoms with Crippen molar-refractivity contribution < 1.29 is 0 Å². The maximum atomic E-state index is 3.06. The second-order valence-electron chi connectivity index (χ2n) is 0.955. The van der Waals surface area contributed by atoms with Crippen LogP contribution in [0.1, 0.15) is 0 Å². The van der Waals surface area contributed by atoms with E-state index in [1.807, 2.05) is 11.8 Å². The molecule has 1 fully saturated rings. The Hall–Kier alpha value is 0.660. The highest BCUT2D eigenvalue weighted by molar-refractivity contribution is 8.15. The topological polar surface area (TPSA) is 12.0 Å². The van der Waals surface area contributed by atoms with Crippen LogP contribution >= 0.6 is 23.7 Å². The minimum absolute atomic E-state index is 1.16. The molecule has 0 unspecified atom stereocenters. The summed E-state index contributed by atoms with van der Waals surface area (Å²) in [6, 6.07) is 0. The first-order chi connectivity index (χ1) is 3.00. The molecule has 0 bridgehead atoms. The van der Waals surface area contributed by atoms with Crippen molar-refractivity contribution in [3.63, 3.8) is 0 Å². The van der Waals surface area contributed by atoms with E-state index < -0.39 is 0 Å². The summed E-state index contributed by atoms with van der Waals surface area (Å²) in [4.78, 5) is 0. The fourth-order valence-corrected chi connectivity index (χ4v) is 1.77. The van der Waals surface area contributed by atoms with Gasteiger partial charge in [0, 0.05) is 12.3 Å². The Bertz CT molecular complexity index is 24.3. The molecule has 0 aromatic heterocycles. The van der Waals surface area contributed by atoms with Crippen molar-refractivity contribution in [2.75, 3.05) is 10.8 Å².